The molecule has 2 aliphatic rings. The van der Waals surface area contributed by atoms with Crippen LogP contribution in [0.1, 0.15) is 32.1 Å². The molecular formula is C12H16INO2. The number of nitrogens with zero attached hydrogens (tertiary/aromatic N) is 1. The third-order valence-electron chi connectivity index (χ3n) is 3.65. The van der Waals surface area contributed by atoms with Crippen LogP contribution in [0.25, 0.3) is 0 Å². The van der Waals surface area contributed by atoms with E-state index in [2.05, 4.69) is 29.2 Å². The average molecular weight is 333 g/mol. The van der Waals surface area contributed by atoms with Gasteiger partial charge in [0.15, 0.2) is 5.78 Å². The Morgan fingerprint density at radius 1 is 1.56 bits per heavy atom. The molecular weight excluding hydrogens is 317 g/mol. The molecule has 2 rings (SSSR count). The van der Waals surface area contributed by atoms with Gasteiger partial charge in [0.2, 0.25) is 5.91 Å². The maximum absolute atomic E-state index is 12.3. The Morgan fingerprint density at radius 3 is 3.00 bits per heavy atom. The summed E-state index contributed by atoms with van der Waals surface area (Å²) in [5.74, 6) is 0.378. The fraction of sp³-hybridized carbons (Fsp3) is 0.667. The first kappa shape index (κ1) is 12.1. The predicted octanol–water partition coefficient (Wildman–Crippen LogP) is 2.09. The van der Waals surface area contributed by atoms with Crippen molar-refractivity contribution < 1.29 is 9.59 Å². The second-order valence-corrected chi connectivity index (χ2v) is 6.05. The molecule has 0 aromatic carbocycles. The van der Waals surface area contributed by atoms with E-state index in [1.54, 1.807) is 6.08 Å². The molecule has 2 atom stereocenters. The zero-order valence-electron chi connectivity index (χ0n) is 9.25. The molecule has 2 aliphatic heterocycles. The maximum atomic E-state index is 12.3. The number of alkyl halides is 1. The summed E-state index contributed by atoms with van der Waals surface area (Å²) in [5.41, 5.74) is -0.543. The second-order valence-electron chi connectivity index (χ2n) is 4.55. The van der Waals surface area contributed by atoms with Crippen LogP contribution in [-0.4, -0.2) is 32.6 Å². The van der Waals surface area contributed by atoms with Crippen molar-refractivity contribution in [2.24, 2.45) is 0 Å². The van der Waals surface area contributed by atoms with Crippen LogP contribution in [0, 0.1) is 0 Å². The molecule has 0 aromatic heterocycles. The average Bonchev–Trinajstić information content (AvgIpc) is 2.66. The summed E-state index contributed by atoms with van der Waals surface area (Å²) >= 11 is 2.16. The van der Waals surface area contributed by atoms with Crippen LogP contribution in [0.3, 0.4) is 0 Å². The lowest BCUT2D eigenvalue weighted by Gasteiger charge is -2.35. The lowest BCUT2D eigenvalue weighted by Crippen LogP contribution is -2.52. The first-order chi connectivity index (χ1) is 7.62. The Hall–Kier alpha value is -0.390. The van der Waals surface area contributed by atoms with Gasteiger partial charge >= 0.3 is 0 Å². The van der Waals surface area contributed by atoms with Crippen molar-refractivity contribution in [3.8, 4) is 0 Å². The van der Waals surface area contributed by atoms with Gasteiger partial charge in [-0.1, -0.05) is 28.7 Å². The largest absolute Gasteiger partial charge is 0.329 e. The van der Waals surface area contributed by atoms with Gasteiger partial charge in [-0.25, -0.2) is 0 Å². The number of ketones is 1. The summed E-state index contributed by atoms with van der Waals surface area (Å²) in [4.78, 5) is 26.3. The first-order valence-corrected chi connectivity index (χ1v) is 6.96. The predicted molar refractivity (Wildman–Crippen MR) is 70.5 cm³/mol. The Kier molecular flexibility index (Phi) is 3.37. The Labute approximate surface area is 109 Å². The number of carbonyl (C=O) groups is 2. The van der Waals surface area contributed by atoms with Gasteiger partial charge in [0.25, 0.3) is 0 Å². The SMILES string of the molecule is C=CC[C@@]12CCCN1C(=O)[C@H](I)CCC2=O. The lowest BCUT2D eigenvalue weighted by molar-refractivity contribution is -0.140. The van der Waals surface area contributed by atoms with Crippen molar-refractivity contribution in [3.63, 3.8) is 0 Å². The van der Waals surface area contributed by atoms with Crippen LogP contribution in [0.15, 0.2) is 12.7 Å². The highest BCUT2D eigenvalue weighted by Gasteiger charge is 2.50. The molecule has 0 aromatic rings. The molecule has 16 heavy (non-hydrogen) atoms. The zero-order chi connectivity index (χ0) is 11.8. The lowest BCUT2D eigenvalue weighted by atomic mass is 9.86. The number of amides is 1. The minimum atomic E-state index is -0.543. The Bertz CT molecular complexity index is 342. The molecule has 0 saturated carbocycles. The van der Waals surface area contributed by atoms with E-state index in [4.69, 9.17) is 0 Å². The van der Waals surface area contributed by atoms with E-state index in [1.807, 2.05) is 4.90 Å². The van der Waals surface area contributed by atoms with Crippen LogP contribution in [0.2, 0.25) is 0 Å². The topological polar surface area (TPSA) is 37.4 Å². The fourth-order valence-electron chi connectivity index (χ4n) is 2.84. The summed E-state index contributed by atoms with van der Waals surface area (Å²) in [6, 6.07) is 0. The summed E-state index contributed by atoms with van der Waals surface area (Å²) in [5, 5.41) is 0. The number of hydrogen-bond acceptors (Lipinski definition) is 2. The third kappa shape index (κ3) is 1.71. The molecule has 0 spiro atoms. The number of halogens is 1. The molecule has 4 heteroatoms. The fourth-order valence-corrected chi connectivity index (χ4v) is 3.49. The zero-order valence-corrected chi connectivity index (χ0v) is 11.4. The molecule has 0 N–H and O–H groups in total. The van der Waals surface area contributed by atoms with E-state index in [9.17, 15) is 9.59 Å². The van der Waals surface area contributed by atoms with E-state index in [0.29, 0.717) is 19.3 Å². The van der Waals surface area contributed by atoms with Crippen molar-refractivity contribution in [1.82, 2.24) is 4.90 Å². The normalized spacial score (nSPS) is 34.8. The number of carbonyl (C=O) groups excluding carboxylic acids is 2. The van der Waals surface area contributed by atoms with Gasteiger partial charge < -0.3 is 4.90 Å². The standard InChI is InChI=1S/C12H16INO2/c1-2-6-12-7-3-8-14(12)11(16)9(13)4-5-10(12)15/h2,9H,1,3-8H2/t9-,12+/m1/s1. The van der Waals surface area contributed by atoms with Crippen molar-refractivity contribution in [1.29, 1.82) is 0 Å². The van der Waals surface area contributed by atoms with Crippen LogP contribution >= 0.6 is 22.6 Å². The van der Waals surface area contributed by atoms with Gasteiger partial charge in [-0.05, 0) is 25.7 Å². The highest BCUT2D eigenvalue weighted by atomic mass is 127. The van der Waals surface area contributed by atoms with Crippen molar-refractivity contribution in [2.45, 2.75) is 41.6 Å². The molecule has 2 heterocycles. The van der Waals surface area contributed by atoms with Crippen molar-refractivity contribution >= 4 is 34.3 Å². The molecule has 1 amide bonds. The highest BCUT2D eigenvalue weighted by Crippen LogP contribution is 2.39. The number of rotatable bonds is 2. The number of hydrogen-bond donors (Lipinski definition) is 0. The van der Waals surface area contributed by atoms with Gasteiger partial charge in [-0.2, -0.15) is 0 Å². The van der Waals surface area contributed by atoms with Gasteiger partial charge in [-0.3, -0.25) is 9.59 Å². The highest BCUT2D eigenvalue weighted by molar-refractivity contribution is 14.1. The van der Waals surface area contributed by atoms with E-state index in [1.165, 1.54) is 0 Å². The third-order valence-corrected chi connectivity index (χ3v) is 4.80. The van der Waals surface area contributed by atoms with Crippen molar-refractivity contribution in [3.05, 3.63) is 12.7 Å². The van der Waals surface area contributed by atoms with E-state index >= 15 is 0 Å². The summed E-state index contributed by atoms with van der Waals surface area (Å²) in [6.07, 6.45) is 5.36. The maximum Gasteiger partial charge on any atom is 0.236 e. The molecule has 0 bridgehead atoms. The van der Waals surface area contributed by atoms with Gasteiger partial charge in [0.05, 0.1) is 3.92 Å². The monoisotopic (exact) mass is 333 g/mol. The van der Waals surface area contributed by atoms with Gasteiger partial charge in [-0.15, -0.1) is 6.58 Å². The smallest absolute Gasteiger partial charge is 0.236 e. The Morgan fingerprint density at radius 2 is 2.31 bits per heavy atom. The molecule has 2 saturated heterocycles. The number of Topliss-reactive ketones (excluding diaryl/α,β-unsaturated/α-hetero) is 1. The summed E-state index contributed by atoms with van der Waals surface area (Å²) in [6.45, 7) is 4.46. The van der Waals surface area contributed by atoms with Gasteiger partial charge in [0.1, 0.15) is 5.54 Å². The second kappa shape index (κ2) is 4.47. The van der Waals surface area contributed by atoms with Crippen LogP contribution in [0.5, 0.6) is 0 Å². The summed E-state index contributed by atoms with van der Waals surface area (Å²) in [7, 11) is 0. The number of fused-ring (bicyclic) bond motifs is 1. The van der Waals surface area contributed by atoms with Crippen LogP contribution in [0.4, 0.5) is 0 Å². The van der Waals surface area contributed by atoms with Crippen LogP contribution in [-0.2, 0) is 9.59 Å². The minimum Gasteiger partial charge on any atom is -0.329 e. The quantitative estimate of drug-likeness (QED) is 0.441. The van der Waals surface area contributed by atoms with E-state index in [0.717, 1.165) is 19.4 Å². The molecule has 0 radical (unpaired) electrons. The molecule has 3 nitrogen and oxygen atoms in total. The molecule has 2 fully saturated rings. The minimum absolute atomic E-state index is 0.0358. The van der Waals surface area contributed by atoms with Crippen LogP contribution < -0.4 is 0 Å². The molecule has 88 valence electrons. The van der Waals surface area contributed by atoms with E-state index < -0.39 is 5.54 Å². The van der Waals surface area contributed by atoms with Gasteiger partial charge in [0, 0.05) is 13.0 Å². The first-order valence-electron chi connectivity index (χ1n) is 5.71. The molecule has 0 aliphatic carbocycles. The summed E-state index contributed by atoms with van der Waals surface area (Å²) < 4.78 is -0.0358. The van der Waals surface area contributed by atoms with E-state index in [-0.39, 0.29) is 15.6 Å². The Balaban J connectivity index is 2.39. The van der Waals surface area contributed by atoms with Crippen molar-refractivity contribution in [2.75, 3.05) is 6.54 Å². The molecule has 0 unspecified atom stereocenters.